The predicted molar refractivity (Wildman–Crippen MR) is 226 cm³/mol. The molecule has 9 aromatic rings. The van der Waals surface area contributed by atoms with E-state index in [1.807, 2.05) is 0 Å². The van der Waals surface area contributed by atoms with Gasteiger partial charge in [0.05, 0.1) is 43.8 Å². The largest absolute Gasteiger partial charge is 0.506 e. The molecule has 69 heavy (non-hydrogen) atoms. The van der Waals surface area contributed by atoms with Gasteiger partial charge in [0.25, 0.3) is 0 Å². The summed E-state index contributed by atoms with van der Waals surface area (Å²) in [5.41, 5.74) is -10.6. The molecule has 1 aromatic heterocycles. The molecule has 1 heterocycles. The van der Waals surface area contributed by atoms with Crippen LogP contribution in [0.3, 0.4) is 0 Å². The monoisotopic (exact) mass is 962 g/mol. The number of fused-ring (bicyclic) bond motifs is 6. The van der Waals surface area contributed by atoms with Gasteiger partial charge in [-0.25, -0.2) is 0 Å². The van der Waals surface area contributed by atoms with E-state index in [1.54, 1.807) is 0 Å². The maximum absolute atomic E-state index is 12.0. The number of furan rings is 1. The SMILES string of the molecule is Oc1c(O)c(O)c(-c2c(O)c(O)c3c(O)c(-c4c5c(O)c(O)c(O)c(O)c5c(-c5c(O)c(O)c6oc7c(O)c(O)c(O)c(O)c7c6c5O)c5c(O)c(O)c(O)c(O)c45)c(O)c(O)c3c2O)c(O)c1O. The summed E-state index contributed by atoms with van der Waals surface area (Å²) in [6, 6.07) is 0. The lowest BCUT2D eigenvalue weighted by molar-refractivity contribution is 0.329. The normalized spacial score (nSPS) is 11.8. The zero-order valence-corrected chi connectivity index (χ0v) is 33.0. The molecule has 0 amide bonds. The standard InChI is InChI=1S/C42H26O27/c43-15-7(22(50)23(51)10-9(15)24(52)25(53)11(16(10)44)12-26(54)34(62)37(65)35(63)27(12)55)1-3-5(20(48)32(60)30(58)18(3)46)2(6-4(1)19(47)31(59)33(61)21(6)49)8-17(45)13-14-29(57)36(64)38(66)40(68)42(14)69-41(13)39(67)28(8)56/h43-68H. The van der Waals surface area contributed by atoms with E-state index in [1.165, 1.54) is 0 Å². The second-order valence-corrected chi connectivity index (χ2v) is 15.1. The van der Waals surface area contributed by atoms with Crippen LogP contribution in [0.2, 0.25) is 0 Å². The molecular formula is C42H26O27. The smallest absolute Gasteiger partial charge is 0.208 e. The van der Waals surface area contributed by atoms with Gasteiger partial charge in [0.15, 0.2) is 80.2 Å². The number of benzene rings is 8. The Hall–Kier alpha value is -10.9. The van der Waals surface area contributed by atoms with E-state index in [-0.39, 0.29) is 0 Å². The third-order valence-corrected chi connectivity index (χ3v) is 11.7. The van der Waals surface area contributed by atoms with Crippen molar-refractivity contribution in [2.24, 2.45) is 0 Å². The van der Waals surface area contributed by atoms with Crippen LogP contribution >= 0.6 is 0 Å². The number of phenols is 26. The van der Waals surface area contributed by atoms with Crippen LogP contribution in [0.15, 0.2) is 4.42 Å². The van der Waals surface area contributed by atoms with Gasteiger partial charge in [0.2, 0.25) is 63.2 Å². The van der Waals surface area contributed by atoms with Crippen molar-refractivity contribution in [2.45, 2.75) is 0 Å². The third-order valence-electron chi connectivity index (χ3n) is 11.7. The van der Waals surface area contributed by atoms with Gasteiger partial charge >= 0.3 is 0 Å². The van der Waals surface area contributed by atoms with Crippen molar-refractivity contribution in [1.29, 1.82) is 0 Å². The van der Waals surface area contributed by atoms with Crippen LogP contribution in [0.4, 0.5) is 0 Å². The minimum absolute atomic E-state index is 0.974. The quantitative estimate of drug-likeness (QED) is 0.0663. The number of rotatable bonds is 3. The van der Waals surface area contributed by atoms with Crippen LogP contribution in [0.25, 0.3) is 87.6 Å². The number of phenolic OH excluding ortho intramolecular Hbond substituents is 26. The molecule has 0 aliphatic rings. The summed E-state index contributed by atoms with van der Waals surface area (Å²) in [6.45, 7) is 0. The van der Waals surface area contributed by atoms with Gasteiger partial charge < -0.3 is 137 Å². The minimum atomic E-state index is -1.84. The Morgan fingerprint density at radius 2 is 0.304 bits per heavy atom. The molecule has 0 radical (unpaired) electrons. The molecule has 27 nitrogen and oxygen atoms in total. The van der Waals surface area contributed by atoms with Crippen molar-refractivity contribution in [3.63, 3.8) is 0 Å². The van der Waals surface area contributed by atoms with Gasteiger partial charge in [0, 0.05) is 32.7 Å². The van der Waals surface area contributed by atoms with Gasteiger partial charge in [-0.1, -0.05) is 0 Å². The zero-order valence-electron chi connectivity index (χ0n) is 33.0. The van der Waals surface area contributed by atoms with E-state index in [0.29, 0.717) is 0 Å². The Kier molecular flexibility index (Phi) is 8.40. The average Bonchev–Trinajstić information content (AvgIpc) is 3.73. The minimum Gasteiger partial charge on any atom is -0.506 e. The molecule has 356 valence electrons. The molecule has 27 heteroatoms. The second kappa shape index (κ2) is 13.4. The third kappa shape index (κ3) is 4.86. The fourth-order valence-corrected chi connectivity index (χ4v) is 8.53. The molecule has 0 saturated carbocycles. The Balaban J connectivity index is 1.56. The molecular weight excluding hydrogens is 936 g/mol. The highest BCUT2D eigenvalue weighted by atomic mass is 16.4. The zero-order chi connectivity index (χ0) is 51.0. The first-order valence-electron chi connectivity index (χ1n) is 18.5. The molecule has 0 bridgehead atoms. The first kappa shape index (κ1) is 43.4. The summed E-state index contributed by atoms with van der Waals surface area (Å²) in [5, 5.41) is 278. The van der Waals surface area contributed by atoms with Gasteiger partial charge in [0.1, 0.15) is 17.2 Å². The van der Waals surface area contributed by atoms with Crippen LogP contribution in [0, 0.1) is 0 Å². The molecule has 26 N–H and O–H groups in total. The lowest BCUT2D eigenvalue weighted by atomic mass is 9.81. The number of hydrogen-bond acceptors (Lipinski definition) is 27. The predicted octanol–water partition coefficient (Wildman–Crippen LogP) is 4.39. The molecule has 0 spiro atoms. The fraction of sp³-hybridized carbons (Fsp3) is 0. The molecule has 0 atom stereocenters. The van der Waals surface area contributed by atoms with Crippen LogP contribution in [-0.4, -0.2) is 133 Å². The number of hydrogen-bond donors (Lipinski definition) is 26. The molecule has 0 unspecified atom stereocenters. The highest BCUT2D eigenvalue weighted by Gasteiger charge is 2.40. The molecule has 0 saturated heterocycles. The maximum atomic E-state index is 12.0. The topological polar surface area (TPSA) is 539 Å². The van der Waals surface area contributed by atoms with Gasteiger partial charge in [-0.3, -0.25) is 0 Å². The molecule has 8 aromatic carbocycles. The van der Waals surface area contributed by atoms with Crippen molar-refractivity contribution >= 4 is 54.3 Å². The van der Waals surface area contributed by atoms with Gasteiger partial charge in [-0.2, -0.15) is 0 Å². The highest BCUT2D eigenvalue weighted by molar-refractivity contribution is 6.32. The van der Waals surface area contributed by atoms with Crippen molar-refractivity contribution in [3.8, 4) is 183 Å². The molecule has 0 fully saturated rings. The summed E-state index contributed by atoms with van der Waals surface area (Å²) in [5.74, 6) is -42.9. The maximum Gasteiger partial charge on any atom is 0.208 e. The van der Waals surface area contributed by atoms with Crippen LogP contribution in [0.1, 0.15) is 0 Å². The Morgan fingerprint density at radius 1 is 0.130 bits per heavy atom. The first-order chi connectivity index (χ1) is 32.2. The average molecular weight is 963 g/mol. The lowest BCUT2D eigenvalue weighted by Gasteiger charge is -2.25. The van der Waals surface area contributed by atoms with E-state index >= 15 is 0 Å². The Labute approximate surface area is 373 Å². The van der Waals surface area contributed by atoms with Crippen molar-refractivity contribution in [3.05, 3.63) is 0 Å². The van der Waals surface area contributed by atoms with Crippen LogP contribution in [-0.2, 0) is 0 Å². The van der Waals surface area contributed by atoms with Crippen molar-refractivity contribution in [2.75, 3.05) is 0 Å². The molecule has 0 aliphatic carbocycles. The Bertz CT molecular complexity index is 3850. The van der Waals surface area contributed by atoms with E-state index in [2.05, 4.69) is 0 Å². The molecule has 9 rings (SSSR count). The van der Waals surface area contributed by atoms with E-state index < -0.39 is 237 Å². The van der Waals surface area contributed by atoms with Gasteiger partial charge in [-0.15, -0.1) is 0 Å². The van der Waals surface area contributed by atoms with Crippen LogP contribution < -0.4 is 0 Å². The lowest BCUT2D eigenvalue weighted by Crippen LogP contribution is -1.97. The summed E-state index contributed by atoms with van der Waals surface area (Å²) >= 11 is 0. The molecule has 0 aliphatic heterocycles. The number of aromatic hydroxyl groups is 26. The summed E-state index contributed by atoms with van der Waals surface area (Å²) < 4.78 is 5.28. The highest BCUT2D eigenvalue weighted by Crippen LogP contribution is 2.69. The second-order valence-electron chi connectivity index (χ2n) is 15.1. The Morgan fingerprint density at radius 3 is 0.652 bits per heavy atom. The van der Waals surface area contributed by atoms with Crippen LogP contribution in [0.5, 0.6) is 149 Å². The van der Waals surface area contributed by atoms with Gasteiger partial charge in [-0.05, 0) is 0 Å². The van der Waals surface area contributed by atoms with E-state index in [9.17, 15) is 133 Å². The van der Waals surface area contributed by atoms with E-state index in [4.69, 9.17) is 4.42 Å². The summed E-state index contributed by atoms with van der Waals surface area (Å²) in [6.07, 6.45) is 0. The van der Waals surface area contributed by atoms with E-state index in [0.717, 1.165) is 0 Å². The first-order valence-corrected chi connectivity index (χ1v) is 18.5. The van der Waals surface area contributed by atoms with Crippen molar-refractivity contribution < 1.29 is 137 Å². The summed E-state index contributed by atoms with van der Waals surface area (Å²) in [7, 11) is 0. The van der Waals surface area contributed by atoms with Crippen molar-refractivity contribution in [1.82, 2.24) is 0 Å². The summed E-state index contributed by atoms with van der Waals surface area (Å²) in [4.78, 5) is 0. The fourth-order valence-electron chi connectivity index (χ4n) is 8.53.